The number of nitrogens with zero attached hydrogens (tertiary/aromatic N) is 1. The van der Waals surface area contributed by atoms with Crippen LogP contribution in [0.2, 0.25) is 0 Å². The molecule has 0 radical (unpaired) electrons. The van der Waals surface area contributed by atoms with Crippen molar-refractivity contribution in [2.45, 2.75) is 18.9 Å². The van der Waals surface area contributed by atoms with E-state index in [1.807, 2.05) is 0 Å². The van der Waals surface area contributed by atoms with Gasteiger partial charge in [0.2, 0.25) is 0 Å². The third-order valence-electron chi connectivity index (χ3n) is 4.03. The summed E-state index contributed by atoms with van der Waals surface area (Å²) in [4.78, 5) is 24.9. The topological polar surface area (TPSA) is 78.9 Å². The molecule has 6 nitrogen and oxygen atoms in total. The molecule has 0 bridgehead atoms. The summed E-state index contributed by atoms with van der Waals surface area (Å²) < 4.78 is 31.5. The lowest BCUT2D eigenvalue weighted by atomic mass is 9.98. The Morgan fingerprint density at radius 2 is 2.17 bits per heavy atom. The number of hydrogen-bond acceptors (Lipinski definition) is 3. The normalized spacial score (nSPS) is 19.0. The van der Waals surface area contributed by atoms with Crippen molar-refractivity contribution in [2.75, 3.05) is 26.8 Å². The van der Waals surface area contributed by atoms with Crippen LogP contribution in [0, 0.1) is 17.6 Å². The monoisotopic (exact) mass is 342 g/mol. The molecule has 1 aromatic carbocycles. The van der Waals surface area contributed by atoms with Crippen molar-refractivity contribution in [2.24, 2.45) is 5.92 Å². The van der Waals surface area contributed by atoms with Gasteiger partial charge in [-0.25, -0.2) is 13.6 Å². The Morgan fingerprint density at radius 3 is 2.79 bits per heavy atom. The third kappa shape index (κ3) is 4.41. The molecule has 2 rings (SSSR count). The SMILES string of the molecule is COCC(NC(=O)N1CCCC(C(=O)O)C1)c1ccc(F)c(F)c1. The van der Waals surface area contributed by atoms with Gasteiger partial charge in [-0.3, -0.25) is 4.79 Å². The van der Waals surface area contributed by atoms with Crippen LogP contribution in [-0.4, -0.2) is 48.8 Å². The first-order valence-electron chi connectivity index (χ1n) is 7.64. The minimum atomic E-state index is -1.01. The highest BCUT2D eigenvalue weighted by Crippen LogP contribution is 2.20. The summed E-state index contributed by atoms with van der Waals surface area (Å²) in [6.45, 7) is 0.652. The molecule has 8 heteroatoms. The van der Waals surface area contributed by atoms with E-state index >= 15 is 0 Å². The van der Waals surface area contributed by atoms with E-state index in [9.17, 15) is 18.4 Å². The molecule has 24 heavy (non-hydrogen) atoms. The number of carbonyl (C=O) groups excluding carboxylic acids is 1. The van der Waals surface area contributed by atoms with Crippen LogP contribution in [-0.2, 0) is 9.53 Å². The minimum Gasteiger partial charge on any atom is -0.481 e. The van der Waals surface area contributed by atoms with E-state index in [2.05, 4.69) is 5.32 Å². The number of likely N-dealkylation sites (tertiary alicyclic amines) is 1. The molecule has 1 heterocycles. The second-order valence-electron chi connectivity index (χ2n) is 5.75. The Balaban J connectivity index is 2.07. The van der Waals surface area contributed by atoms with Gasteiger partial charge in [0.25, 0.3) is 0 Å². The molecule has 1 aromatic rings. The van der Waals surface area contributed by atoms with Gasteiger partial charge in [0.1, 0.15) is 0 Å². The number of amides is 2. The highest BCUT2D eigenvalue weighted by molar-refractivity contribution is 5.77. The van der Waals surface area contributed by atoms with E-state index in [0.29, 0.717) is 24.9 Å². The first-order valence-corrected chi connectivity index (χ1v) is 7.64. The zero-order valence-electron chi connectivity index (χ0n) is 13.3. The number of piperidine rings is 1. The molecule has 1 fully saturated rings. The highest BCUT2D eigenvalue weighted by atomic mass is 19.2. The van der Waals surface area contributed by atoms with Crippen LogP contribution in [0.25, 0.3) is 0 Å². The molecule has 2 N–H and O–H groups in total. The average Bonchev–Trinajstić information content (AvgIpc) is 2.57. The average molecular weight is 342 g/mol. The van der Waals surface area contributed by atoms with Crippen LogP contribution in [0.4, 0.5) is 13.6 Å². The molecule has 132 valence electrons. The maximum atomic E-state index is 13.4. The van der Waals surface area contributed by atoms with Crippen LogP contribution in [0.3, 0.4) is 0 Å². The number of ether oxygens (including phenoxy) is 1. The lowest BCUT2D eigenvalue weighted by molar-refractivity contribution is -0.143. The maximum absolute atomic E-state index is 13.4. The van der Waals surface area contributed by atoms with Crippen LogP contribution in [0.1, 0.15) is 24.4 Å². The Kier molecular flexibility index (Phi) is 6.08. The van der Waals surface area contributed by atoms with E-state index < -0.39 is 35.6 Å². The van der Waals surface area contributed by atoms with Crippen molar-refractivity contribution in [3.8, 4) is 0 Å². The van der Waals surface area contributed by atoms with Gasteiger partial charge in [-0.1, -0.05) is 6.07 Å². The summed E-state index contributed by atoms with van der Waals surface area (Å²) >= 11 is 0. The van der Waals surface area contributed by atoms with E-state index in [-0.39, 0.29) is 13.2 Å². The van der Waals surface area contributed by atoms with Gasteiger partial charge in [0, 0.05) is 20.2 Å². The van der Waals surface area contributed by atoms with Gasteiger partial charge >= 0.3 is 12.0 Å². The molecule has 0 aromatic heterocycles. The van der Waals surface area contributed by atoms with E-state index in [1.165, 1.54) is 18.1 Å². The fourth-order valence-electron chi connectivity index (χ4n) is 2.72. The largest absolute Gasteiger partial charge is 0.481 e. The van der Waals surface area contributed by atoms with Gasteiger partial charge in [0.15, 0.2) is 11.6 Å². The molecule has 0 spiro atoms. The zero-order chi connectivity index (χ0) is 17.7. The molecule has 2 amide bonds. The lowest BCUT2D eigenvalue weighted by Gasteiger charge is -2.32. The minimum absolute atomic E-state index is 0.0764. The predicted octanol–water partition coefficient (Wildman–Crippen LogP) is 2.16. The molecule has 2 unspecified atom stereocenters. The molecule has 1 aliphatic rings. The summed E-state index contributed by atoms with van der Waals surface area (Å²) in [5.41, 5.74) is 0.371. The number of halogens is 2. The number of aliphatic carboxylic acids is 1. The summed E-state index contributed by atoms with van der Waals surface area (Å²) in [5, 5.41) is 11.8. The van der Waals surface area contributed by atoms with Crippen LogP contribution in [0.15, 0.2) is 18.2 Å². The van der Waals surface area contributed by atoms with E-state index in [0.717, 1.165) is 12.1 Å². The number of rotatable bonds is 5. The molecule has 1 saturated heterocycles. The number of urea groups is 1. The predicted molar refractivity (Wildman–Crippen MR) is 81.4 cm³/mol. The second kappa shape index (κ2) is 8.05. The molecule has 0 aliphatic carbocycles. The third-order valence-corrected chi connectivity index (χ3v) is 4.03. The number of methoxy groups -OCH3 is 1. The summed E-state index contributed by atoms with van der Waals surface area (Å²) in [7, 11) is 1.43. The Labute approximate surface area is 138 Å². The molecular weight excluding hydrogens is 322 g/mol. The van der Waals surface area contributed by atoms with Gasteiger partial charge in [-0.2, -0.15) is 0 Å². The number of carbonyl (C=O) groups is 2. The Bertz CT molecular complexity index is 612. The first-order chi connectivity index (χ1) is 11.4. The molecule has 2 atom stereocenters. The molecule has 0 saturated carbocycles. The van der Waals surface area contributed by atoms with Crippen LogP contribution >= 0.6 is 0 Å². The summed E-state index contributed by atoms with van der Waals surface area (Å²) in [5.74, 6) is -3.50. The van der Waals surface area contributed by atoms with Crippen molar-refractivity contribution >= 4 is 12.0 Å². The van der Waals surface area contributed by atoms with Crippen molar-refractivity contribution in [3.05, 3.63) is 35.4 Å². The van der Waals surface area contributed by atoms with E-state index in [4.69, 9.17) is 9.84 Å². The first kappa shape index (κ1) is 18.1. The van der Waals surface area contributed by atoms with Crippen molar-refractivity contribution in [1.29, 1.82) is 0 Å². The Morgan fingerprint density at radius 1 is 1.42 bits per heavy atom. The number of carboxylic acids is 1. The second-order valence-corrected chi connectivity index (χ2v) is 5.75. The van der Waals surface area contributed by atoms with E-state index in [1.54, 1.807) is 0 Å². The fourth-order valence-corrected chi connectivity index (χ4v) is 2.72. The van der Waals surface area contributed by atoms with Gasteiger partial charge in [-0.05, 0) is 30.5 Å². The van der Waals surface area contributed by atoms with Gasteiger partial charge in [0.05, 0.1) is 18.6 Å². The number of carboxylic acid groups (broad SMARTS) is 1. The number of benzene rings is 1. The number of hydrogen-bond donors (Lipinski definition) is 2. The maximum Gasteiger partial charge on any atom is 0.317 e. The van der Waals surface area contributed by atoms with Crippen molar-refractivity contribution in [3.63, 3.8) is 0 Å². The highest BCUT2D eigenvalue weighted by Gasteiger charge is 2.29. The summed E-state index contributed by atoms with van der Waals surface area (Å²) in [6.07, 6.45) is 1.13. The van der Waals surface area contributed by atoms with Crippen LogP contribution < -0.4 is 5.32 Å². The lowest BCUT2D eigenvalue weighted by Crippen LogP contribution is -2.48. The quantitative estimate of drug-likeness (QED) is 0.859. The zero-order valence-corrected chi connectivity index (χ0v) is 13.3. The molecular formula is C16H20F2N2O4. The van der Waals surface area contributed by atoms with Crippen LogP contribution in [0.5, 0.6) is 0 Å². The standard InChI is InChI=1S/C16H20F2N2O4/c1-24-9-14(10-4-5-12(17)13(18)7-10)19-16(23)20-6-2-3-11(8-20)15(21)22/h4-5,7,11,14H,2-3,6,8-9H2,1H3,(H,19,23)(H,21,22). The van der Waals surface area contributed by atoms with Gasteiger partial charge < -0.3 is 20.1 Å². The fraction of sp³-hybridized carbons (Fsp3) is 0.500. The van der Waals surface area contributed by atoms with Crippen molar-refractivity contribution in [1.82, 2.24) is 10.2 Å². The smallest absolute Gasteiger partial charge is 0.317 e. The number of nitrogens with one attached hydrogen (secondary N) is 1. The van der Waals surface area contributed by atoms with Crippen molar-refractivity contribution < 1.29 is 28.2 Å². The molecule has 1 aliphatic heterocycles. The van der Waals surface area contributed by atoms with Gasteiger partial charge in [-0.15, -0.1) is 0 Å². The summed E-state index contributed by atoms with van der Waals surface area (Å²) in [6, 6.07) is 2.25. The Hall–Kier alpha value is -2.22.